The van der Waals surface area contributed by atoms with E-state index >= 15 is 0 Å². The Labute approximate surface area is 187 Å². The van der Waals surface area contributed by atoms with Crippen molar-refractivity contribution in [1.29, 1.82) is 0 Å². The SMILES string of the molecule is COc1ccc(S(=O)(=O)N[C@@H](Cc2ccccc2)C(=O)NCc2ccc(F)cc2)cc1C. The number of ether oxygens (including phenoxy) is 1. The number of halogens is 1. The number of rotatable bonds is 9. The second kappa shape index (κ2) is 10.4. The summed E-state index contributed by atoms with van der Waals surface area (Å²) >= 11 is 0. The molecule has 0 fully saturated rings. The van der Waals surface area contributed by atoms with Gasteiger partial charge in [-0.05, 0) is 60.4 Å². The van der Waals surface area contributed by atoms with Crippen molar-refractivity contribution in [1.82, 2.24) is 10.0 Å². The van der Waals surface area contributed by atoms with Crippen molar-refractivity contribution in [2.45, 2.75) is 30.8 Å². The van der Waals surface area contributed by atoms with Gasteiger partial charge in [0.1, 0.15) is 17.6 Å². The van der Waals surface area contributed by atoms with Crippen molar-refractivity contribution in [3.63, 3.8) is 0 Å². The van der Waals surface area contributed by atoms with Gasteiger partial charge in [-0.2, -0.15) is 4.72 Å². The van der Waals surface area contributed by atoms with Crippen LogP contribution in [0.4, 0.5) is 4.39 Å². The van der Waals surface area contributed by atoms with E-state index in [1.54, 1.807) is 25.1 Å². The fourth-order valence-electron chi connectivity index (χ4n) is 3.23. The molecule has 0 unspecified atom stereocenters. The molecule has 0 aromatic heterocycles. The summed E-state index contributed by atoms with van der Waals surface area (Å²) in [7, 11) is -2.47. The van der Waals surface area contributed by atoms with E-state index in [0.717, 1.165) is 5.56 Å². The molecule has 0 saturated heterocycles. The van der Waals surface area contributed by atoms with Crippen LogP contribution in [-0.4, -0.2) is 27.5 Å². The second-order valence-electron chi connectivity index (χ2n) is 7.34. The predicted molar refractivity (Wildman–Crippen MR) is 120 cm³/mol. The first-order valence-corrected chi connectivity index (χ1v) is 11.5. The smallest absolute Gasteiger partial charge is 0.241 e. The van der Waals surface area contributed by atoms with Crippen molar-refractivity contribution < 1.29 is 22.3 Å². The Bertz CT molecular complexity index is 1170. The lowest BCUT2D eigenvalue weighted by atomic mass is 10.1. The minimum absolute atomic E-state index is 0.0418. The Morgan fingerprint density at radius 1 is 1.00 bits per heavy atom. The highest BCUT2D eigenvalue weighted by Gasteiger charge is 2.26. The summed E-state index contributed by atoms with van der Waals surface area (Å²) in [5.74, 6) is -0.279. The largest absolute Gasteiger partial charge is 0.496 e. The highest BCUT2D eigenvalue weighted by molar-refractivity contribution is 7.89. The second-order valence-corrected chi connectivity index (χ2v) is 9.05. The quantitative estimate of drug-likeness (QED) is 0.517. The van der Waals surface area contributed by atoms with Crippen LogP contribution in [0.5, 0.6) is 5.75 Å². The van der Waals surface area contributed by atoms with Gasteiger partial charge in [0.2, 0.25) is 15.9 Å². The molecular weight excluding hydrogens is 431 g/mol. The Hall–Kier alpha value is -3.23. The number of nitrogens with one attached hydrogen (secondary N) is 2. The van der Waals surface area contributed by atoms with Crippen molar-refractivity contribution in [3.8, 4) is 5.75 Å². The first-order valence-electron chi connectivity index (χ1n) is 10.0. The summed E-state index contributed by atoms with van der Waals surface area (Å²) in [6, 6.07) is 18.3. The van der Waals surface area contributed by atoms with Gasteiger partial charge in [-0.15, -0.1) is 0 Å². The average Bonchev–Trinajstić information content (AvgIpc) is 2.78. The number of hydrogen-bond donors (Lipinski definition) is 2. The molecule has 32 heavy (non-hydrogen) atoms. The van der Waals surface area contributed by atoms with E-state index in [4.69, 9.17) is 4.74 Å². The molecule has 0 saturated carbocycles. The van der Waals surface area contributed by atoms with E-state index in [9.17, 15) is 17.6 Å². The molecule has 6 nitrogen and oxygen atoms in total. The maximum Gasteiger partial charge on any atom is 0.241 e. The predicted octanol–water partition coefficient (Wildman–Crippen LogP) is 3.35. The lowest BCUT2D eigenvalue weighted by Gasteiger charge is -2.19. The number of carbonyl (C=O) groups is 1. The third-order valence-electron chi connectivity index (χ3n) is 4.95. The minimum Gasteiger partial charge on any atom is -0.496 e. The molecule has 3 rings (SSSR count). The first-order chi connectivity index (χ1) is 15.3. The number of amides is 1. The van der Waals surface area contributed by atoms with Gasteiger partial charge in [-0.3, -0.25) is 4.79 Å². The number of methoxy groups -OCH3 is 1. The normalized spacial score (nSPS) is 12.2. The Balaban J connectivity index is 1.80. The van der Waals surface area contributed by atoms with Gasteiger partial charge in [0.05, 0.1) is 12.0 Å². The Morgan fingerprint density at radius 3 is 2.31 bits per heavy atom. The van der Waals surface area contributed by atoms with Crippen LogP contribution in [-0.2, 0) is 27.8 Å². The average molecular weight is 457 g/mol. The van der Waals surface area contributed by atoms with Gasteiger partial charge in [-0.25, -0.2) is 12.8 Å². The highest BCUT2D eigenvalue weighted by Crippen LogP contribution is 2.21. The summed E-state index contributed by atoms with van der Waals surface area (Å²) in [5.41, 5.74) is 2.17. The van der Waals surface area contributed by atoms with Crippen LogP contribution < -0.4 is 14.8 Å². The molecule has 0 aliphatic carbocycles. The maximum atomic E-state index is 13.1. The Morgan fingerprint density at radius 2 is 1.69 bits per heavy atom. The number of benzene rings is 3. The third-order valence-corrected chi connectivity index (χ3v) is 6.42. The molecule has 1 atom stereocenters. The molecule has 2 N–H and O–H groups in total. The zero-order valence-electron chi connectivity index (χ0n) is 17.8. The summed E-state index contributed by atoms with van der Waals surface area (Å²) in [4.78, 5) is 13.0. The van der Waals surface area contributed by atoms with Gasteiger partial charge in [0.25, 0.3) is 0 Å². The van der Waals surface area contributed by atoms with Crippen LogP contribution in [0.15, 0.2) is 77.7 Å². The zero-order valence-corrected chi connectivity index (χ0v) is 18.7. The molecule has 0 spiro atoms. The molecule has 0 aliphatic heterocycles. The van der Waals surface area contributed by atoms with Crippen LogP contribution in [0.2, 0.25) is 0 Å². The third kappa shape index (κ3) is 6.15. The molecule has 8 heteroatoms. The first kappa shape index (κ1) is 23.4. The van der Waals surface area contributed by atoms with Gasteiger partial charge < -0.3 is 10.1 Å². The lowest BCUT2D eigenvalue weighted by Crippen LogP contribution is -2.47. The molecule has 0 heterocycles. The molecule has 0 aliphatic rings. The van der Waals surface area contributed by atoms with E-state index in [-0.39, 0.29) is 23.7 Å². The summed E-state index contributed by atoms with van der Waals surface area (Å²) in [6.45, 7) is 1.89. The van der Waals surface area contributed by atoms with Crippen molar-refractivity contribution >= 4 is 15.9 Å². The van der Waals surface area contributed by atoms with E-state index in [0.29, 0.717) is 16.9 Å². The van der Waals surface area contributed by atoms with E-state index < -0.39 is 22.0 Å². The van der Waals surface area contributed by atoms with Crippen LogP contribution in [0.25, 0.3) is 0 Å². The van der Waals surface area contributed by atoms with Crippen molar-refractivity contribution in [2.75, 3.05) is 7.11 Å². The monoisotopic (exact) mass is 456 g/mol. The number of sulfonamides is 1. The van der Waals surface area contributed by atoms with Gasteiger partial charge in [-0.1, -0.05) is 42.5 Å². The molecule has 3 aromatic carbocycles. The summed E-state index contributed by atoms with van der Waals surface area (Å²) < 4.78 is 46.9. The minimum atomic E-state index is -3.98. The summed E-state index contributed by atoms with van der Waals surface area (Å²) in [6.07, 6.45) is 0.171. The zero-order chi connectivity index (χ0) is 23.1. The van der Waals surface area contributed by atoms with Gasteiger partial charge >= 0.3 is 0 Å². The fourth-order valence-corrected chi connectivity index (χ4v) is 4.51. The van der Waals surface area contributed by atoms with Crippen LogP contribution in [0.1, 0.15) is 16.7 Å². The lowest BCUT2D eigenvalue weighted by molar-refractivity contribution is -0.122. The fraction of sp³-hybridized carbons (Fsp3) is 0.208. The topological polar surface area (TPSA) is 84.5 Å². The highest BCUT2D eigenvalue weighted by atomic mass is 32.2. The van der Waals surface area contributed by atoms with Crippen LogP contribution >= 0.6 is 0 Å². The maximum absolute atomic E-state index is 13.1. The number of carbonyl (C=O) groups excluding carboxylic acids is 1. The molecule has 0 radical (unpaired) electrons. The molecule has 0 bridgehead atoms. The van der Waals surface area contributed by atoms with E-state index in [1.165, 1.54) is 31.4 Å². The molecular formula is C24H25FN2O4S. The number of aryl methyl sites for hydroxylation is 1. The standard InChI is InChI=1S/C24H25FN2O4S/c1-17-14-21(12-13-23(17)31-2)32(29,30)27-22(15-18-6-4-3-5-7-18)24(28)26-16-19-8-10-20(25)11-9-19/h3-14,22,27H,15-16H2,1-2H3,(H,26,28)/t22-/m0/s1. The molecule has 3 aromatic rings. The number of hydrogen-bond acceptors (Lipinski definition) is 4. The molecule has 1 amide bonds. The van der Waals surface area contributed by atoms with Crippen LogP contribution in [0, 0.1) is 12.7 Å². The Kier molecular flexibility index (Phi) is 7.61. The van der Waals surface area contributed by atoms with E-state index in [1.807, 2.05) is 30.3 Å². The van der Waals surface area contributed by atoms with Gasteiger partial charge in [0, 0.05) is 6.54 Å². The van der Waals surface area contributed by atoms with Crippen molar-refractivity contribution in [2.24, 2.45) is 0 Å². The summed E-state index contributed by atoms with van der Waals surface area (Å²) in [5, 5.41) is 2.73. The van der Waals surface area contributed by atoms with Crippen LogP contribution in [0.3, 0.4) is 0 Å². The molecule has 168 valence electrons. The van der Waals surface area contributed by atoms with Crippen molar-refractivity contribution in [3.05, 3.63) is 95.3 Å². The van der Waals surface area contributed by atoms with E-state index in [2.05, 4.69) is 10.0 Å². The van der Waals surface area contributed by atoms with Gasteiger partial charge in [0.15, 0.2) is 0 Å².